The van der Waals surface area contributed by atoms with E-state index >= 15 is 0 Å². The van der Waals surface area contributed by atoms with Crippen LogP contribution in [0.4, 0.5) is 0 Å². The molecule has 3 nitrogen and oxygen atoms in total. The van der Waals surface area contributed by atoms with E-state index in [9.17, 15) is 0 Å². The van der Waals surface area contributed by atoms with Crippen molar-refractivity contribution in [2.24, 2.45) is 5.11 Å². The Morgan fingerprint density at radius 1 is 1.62 bits per heavy atom. The second-order valence-electron chi connectivity index (χ2n) is 2.09. The molecular weight excluding hydrogens is 318 g/mol. The second-order valence-corrected chi connectivity index (χ2v) is 5.34. The van der Waals surface area contributed by atoms with Gasteiger partial charge in [0.25, 0.3) is 0 Å². The molecule has 0 fully saturated rings. The molecule has 0 bridgehead atoms. The third kappa shape index (κ3) is 3.52. The summed E-state index contributed by atoms with van der Waals surface area (Å²) in [4.78, 5) is 3.77. The van der Waals surface area contributed by atoms with Gasteiger partial charge in [-0.1, -0.05) is 11.2 Å². The molecule has 0 aliphatic carbocycles. The molecule has 6 heteroatoms. The van der Waals surface area contributed by atoms with Crippen molar-refractivity contribution in [2.45, 2.75) is 0 Å². The van der Waals surface area contributed by atoms with Crippen LogP contribution in [0.3, 0.4) is 0 Å². The molecular formula is C7H5Br2N3S. The maximum absolute atomic E-state index is 8.02. The van der Waals surface area contributed by atoms with Gasteiger partial charge in [0.2, 0.25) is 0 Å². The van der Waals surface area contributed by atoms with Crippen molar-refractivity contribution in [1.82, 2.24) is 0 Å². The van der Waals surface area contributed by atoms with Crippen LogP contribution in [0.25, 0.3) is 16.5 Å². The van der Waals surface area contributed by atoms with Gasteiger partial charge in [0.15, 0.2) is 0 Å². The molecule has 0 aliphatic heterocycles. The van der Waals surface area contributed by atoms with Crippen LogP contribution in [-0.4, -0.2) is 6.54 Å². The van der Waals surface area contributed by atoms with E-state index in [4.69, 9.17) is 5.53 Å². The molecule has 68 valence electrons. The van der Waals surface area contributed by atoms with Crippen LogP contribution in [-0.2, 0) is 0 Å². The largest absolute Gasteiger partial charge is 0.128 e. The second kappa shape index (κ2) is 5.44. The first kappa shape index (κ1) is 10.8. The zero-order chi connectivity index (χ0) is 9.68. The van der Waals surface area contributed by atoms with E-state index in [0.29, 0.717) is 6.54 Å². The maximum Gasteiger partial charge on any atom is 0.0846 e. The number of halogens is 2. The molecule has 1 aromatic rings. The third-order valence-corrected chi connectivity index (χ3v) is 4.42. The normalized spacial score (nSPS) is 10.3. The van der Waals surface area contributed by atoms with E-state index in [1.165, 1.54) is 0 Å². The molecule has 0 atom stereocenters. The fourth-order valence-electron chi connectivity index (χ4n) is 0.698. The molecule has 1 rings (SSSR count). The number of rotatable bonds is 3. The third-order valence-electron chi connectivity index (χ3n) is 1.20. The Kier molecular flexibility index (Phi) is 4.52. The minimum atomic E-state index is 0.392. The summed E-state index contributed by atoms with van der Waals surface area (Å²) in [5.41, 5.74) is 8.02. The van der Waals surface area contributed by atoms with Crippen molar-refractivity contribution in [3.63, 3.8) is 0 Å². The minimum absolute atomic E-state index is 0.392. The lowest BCUT2D eigenvalue weighted by Gasteiger charge is -1.80. The van der Waals surface area contributed by atoms with Crippen molar-refractivity contribution < 1.29 is 0 Å². The lowest BCUT2D eigenvalue weighted by molar-refractivity contribution is 1.22. The first-order chi connectivity index (χ1) is 6.24. The summed E-state index contributed by atoms with van der Waals surface area (Å²) in [6, 6.07) is 2.00. The molecule has 13 heavy (non-hydrogen) atoms. The fourth-order valence-corrected chi connectivity index (χ4v) is 2.72. The Balaban J connectivity index is 2.63. The van der Waals surface area contributed by atoms with E-state index in [1.807, 2.05) is 18.2 Å². The van der Waals surface area contributed by atoms with Gasteiger partial charge in [0, 0.05) is 20.8 Å². The standard InChI is InChI=1S/C7H5Br2N3S/c8-6-4-5(13-7(6)9)2-1-3-11-12-10/h1-2,4H,3H2. The number of hydrogen-bond acceptors (Lipinski definition) is 2. The Labute approximate surface area is 96.3 Å². The van der Waals surface area contributed by atoms with Gasteiger partial charge in [-0.3, -0.25) is 0 Å². The average molecular weight is 323 g/mol. The van der Waals surface area contributed by atoms with Crippen LogP contribution in [0.2, 0.25) is 0 Å². The van der Waals surface area contributed by atoms with Gasteiger partial charge >= 0.3 is 0 Å². The van der Waals surface area contributed by atoms with Crippen molar-refractivity contribution in [1.29, 1.82) is 0 Å². The quantitative estimate of drug-likeness (QED) is 0.444. The lowest BCUT2D eigenvalue weighted by Crippen LogP contribution is -1.65. The van der Waals surface area contributed by atoms with Gasteiger partial charge in [-0.25, -0.2) is 0 Å². The van der Waals surface area contributed by atoms with Gasteiger partial charge in [0.05, 0.1) is 3.79 Å². The number of thiophene rings is 1. The lowest BCUT2D eigenvalue weighted by atomic mass is 10.4. The summed E-state index contributed by atoms with van der Waals surface area (Å²) in [7, 11) is 0. The van der Waals surface area contributed by atoms with Crippen molar-refractivity contribution in [2.75, 3.05) is 6.54 Å². The highest BCUT2D eigenvalue weighted by molar-refractivity contribution is 9.13. The Morgan fingerprint density at radius 3 is 2.92 bits per heavy atom. The highest BCUT2D eigenvalue weighted by Gasteiger charge is 1.99. The number of nitrogens with zero attached hydrogens (tertiary/aromatic N) is 3. The Hall–Kier alpha value is -0.290. The van der Waals surface area contributed by atoms with E-state index < -0.39 is 0 Å². The summed E-state index contributed by atoms with van der Waals surface area (Å²) in [5.74, 6) is 0. The van der Waals surface area contributed by atoms with Gasteiger partial charge in [-0.15, -0.1) is 11.3 Å². The van der Waals surface area contributed by atoms with Gasteiger partial charge in [-0.05, 0) is 49.5 Å². The topological polar surface area (TPSA) is 48.8 Å². The molecule has 0 radical (unpaired) electrons. The minimum Gasteiger partial charge on any atom is -0.128 e. The average Bonchev–Trinajstić information content (AvgIpc) is 2.41. The Morgan fingerprint density at radius 2 is 2.38 bits per heavy atom. The van der Waals surface area contributed by atoms with E-state index in [2.05, 4.69) is 41.9 Å². The molecule has 0 N–H and O–H groups in total. The van der Waals surface area contributed by atoms with Crippen molar-refractivity contribution >= 4 is 49.3 Å². The van der Waals surface area contributed by atoms with Gasteiger partial charge in [-0.2, -0.15) is 0 Å². The zero-order valence-corrected chi connectivity index (χ0v) is 10.4. The molecule has 0 aromatic carbocycles. The summed E-state index contributed by atoms with van der Waals surface area (Å²) >= 11 is 8.40. The SMILES string of the molecule is [N-]=[N+]=NCC=Cc1cc(Br)c(Br)s1. The predicted octanol–water partition coefficient (Wildman–Crippen LogP) is 4.60. The van der Waals surface area contributed by atoms with Gasteiger partial charge < -0.3 is 0 Å². The molecule has 0 aliphatic rings. The Bertz CT molecular complexity index is 346. The van der Waals surface area contributed by atoms with Crippen LogP contribution in [0, 0.1) is 0 Å². The highest BCUT2D eigenvalue weighted by atomic mass is 79.9. The maximum atomic E-state index is 8.02. The van der Waals surface area contributed by atoms with Crippen LogP contribution >= 0.6 is 43.2 Å². The summed E-state index contributed by atoms with van der Waals surface area (Å²) in [5, 5.41) is 3.39. The van der Waals surface area contributed by atoms with Crippen LogP contribution < -0.4 is 0 Å². The number of hydrogen-bond donors (Lipinski definition) is 0. The van der Waals surface area contributed by atoms with E-state index in [-0.39, 0.29) is 0 Å². The molecule has 0 saturated carbocycles. The van der Waals surface area contributed by atoms with Crippen molar-refractivity contribution in [3.05, 3.63) is 35.7 Å². The summed E-state index contributed by atoms with van der Waals surface area (Å²) in [6.07, 6.45) is 3.75. The smallest absolute Gasteiger partial charge is 0.0846 e. The monoisotopic (exact) mass is 321 g/mol. The molecule has 0 saturated heterocycles. The van der Waals surface area contributed by atoms with Crippen LogP contribution in [0.1, 0.15) is 4.88 Å². The fraction of sp³-hybridized carbons (Fsp3) is 0.143. The zero-order valence-electron chi connectivity index (χ0n) is 6.44. The molecule has 1 heterocycles. The van der Waals surface area contributed by atoms with Crippen molar-refractivity contribution in [3.8, 4) is 0 Å². The first-order valence-electron chi connectivity index (χ1n) is 3.36. The molecule has 0 spiro atoms. The predicted molar refractivity (Wildman–Crippen MR) is 62.8 cm³/mol. The van der Waals surface area contributed by atoms with Crippen LogP contribution in [0.5, 0.6) is 0 Å². The van der Waals surface area contributed by atoms with E-state index in [1.54, 1.807) is 11.3 Å². The number of azide groups is 1. The van der Waals surface area contributed by atoms with E-state index in [0.717, 1.165) is 13.1 Å². The van der Waals surface area contributed by atoms with Crippen LogP contribution in [0.15, 0.2) is 25.5 Å². The summed E-state index contributed by atoms with van der Waals surface area (Å²) in [6.45, 7) is 0.392. The molecule has 0 unspecified atom stereocenters. The highest BCUT2D eigenvalue weighted by Crippen LogP contribution is 2.32. The molecule has 0 amide bonds. The van der Waals surface area contributed by atoms with Gasteiger partial charge in [0.1, 0.15) is 0 Å². The summed E-state index contributed by atoms with van der Waals surface area (Å²) < 4.78 is 2.11. The first-order valence-corrected chi connectivity index (χ1v) is 5.76. The molecule has 1 aromatic heterocycles.